The van der Waals surface area contributed by atoms with Crippen molar-refractivity contribution < 1.29 is 14.6 Å². The van der Waals surface area contributed by atoms with Crippen LogP contribution in [0.3, 0.4) is 0 Å². The molecule has 1 fully saturated rings. The van der Waals surface area contributed by atoms with Crippen LogP contribution in [0.2, 0.25) is 0 Å². The highest BCUT2D eigenvalue weighted by molar-refractivity contribution is 6.04. The van der Waals surface area contributed by atoms with E-state index < -0.39 is 0 Å². The van der Waals surface area contributed by atoms with Crippen LogP contribution in [-0.4, -0.2) is 18.1 Å². The Hall–Kier alpha value is -3.00. The second-order valence-corrected chi connectivity index (χ2v) is 6.32. The number of nitrogens with zero attached hydrogens (tertiary/aromatic N) is 1. The van der Waals surface area contributed by atoms with E-state index in [4.69, 9.17) is 4.74 Å². The van der Waals surface area contributed by atoms with Crippen LogP contribution in [0.4, 0.5) is 5.69 Å². The molecule has 0 heterocycles. The first-order valence-electron chi connectivity index (χ1n) is 8.28. The molecule has 0 unspecified atom stereocenters. The highest BCUT2D eigenvalue weighted by atomic mass is 16.5. The van der Waals surface area contributed by atoms with Crippen molar-refractivity contribution in [2.24, 2.45) is 0 Å². The van der Waals surface area contributed by atoms with Crippen molar-refractivity contribution in [2.75, 3.05) is 12.4 Å². The first kappa shape index (κ1) is 16.8. The van der Waals surface area contributed by atoms with E-state index in [0.717, 1.165) is 31.2 Å². The number of phenols is 1. The molecular weight excluding hydrogens is 316 g/mol. The largest absolute Gasteiger partial charge is 0.504 e. The molecule has 1 amide bonds. The first-order valence-corrected chi connectivity index (χ1v) is 8.28. The zero-order valence-electron chi connectivity index (χ0n) is 14.1. The second kappa shape index (κ2) is 6.86. The summed E-state index contributed by atoms with van der Waals surface area (Å²) in [6, 6.07) is 14.4. The van der Waals surface area contributed by atoms with Crippen LogP contribution >= 0.6 is 0 Å². The number of hydrogen-bond donors (Lipinski definition) is 2. The molecule has 2 aromatic carbocycles. The number of hydrogen-bond acceptors (Lipinski definition) is 4. The molecule has 1 aliphatic rings. The Balaban J connectivity index is 1.74. The van der Waals surface area contributed by atoms with Gasteiger partial charge >= 0.3 is 0 Å². The minimum atomic E-state index is -0.385. The normalized spacial score (nSPS) is 15.4. The van der Waals surface area contributed by atoms with Gasteiger partial charge in [-0.05, 0) is 48.7 Å². The molecule has 0 atom stereocenters. The number of nitriles is 1. The fraction of sp³-hybridized carbons (Fsp3) is 0.300. The number of anilines is 1. The Bertz CT molecular complexity index is 816. The van der Waals surface area contributed by atoms with Gasteiger partial charge in [-0.15, -0.1) is 0 Å². The van der Waals surface area contributed by atoms with Gasteiger partial charge in [-0.25, -0.2) is 0 Å². The Morgan fingerprint density at radius 2 is 1.88 bits per heavy atom. The Morgan fingerprint density at radius 3 is 2.44 bits per heavy atom. The van der Waals surface area contributed by atoms with E-state index in [9.17, 15) is 15.2 Å². The molecule has 1 saturated carbocycles. The van der Waals surface area contributed by atoms with Crippen LogP contribution in [-0.2, 0) is 5.41 Å². The number of nitrogens with one attached hydrogen (secondary N) is 1. The molecule has 25 heavy (non-hydrogen) atoms. The molecule has 2 aromatic rings. The SMILES string of the molecule is COc1ccc(C(=O)Nc2ccc(C3(C#N)CCCC3)cc2)cc1O. The summed E-state index contributed by atoms with van der Waals surface area (Å²) < 4.78 is 4.97. The second-order valence-electron chi connectivity index (χ2n) is 6.32. The summed E-state index contributed by atoms with van der Waals surface area (Å²) in [4.78, 5) is 12.3. The summed E-state index contributed by atoms with van der Waals surface area (Å²) in [5.74, 6) is -0.0801. The molecule has 0 saturated heterocycles. The molecule has 0 radical (unpaired) electrons. The van der Waals surface area contributed by atoms with Gasteiger partial charge < -0.3 is 15.2 Å². The number of aromatic hydroxyl groups is 1. The third kappa shape index (κ3) is 3.29. The van der Waals surface area contributed by atoms with E-state index in [1.807, 2.05) is 24.3 Å². The zero-order chi connectivity index (χ0) is 17.9. The molecular formula is C20H20N2O3. The van der Waals surface area contributed by atoms with Crippen molar-refractivity contribution in [2.45, 2.75) is 31.1 Å². The lowest BCUT2D eigenvalue weighted by atomic mass is 9.80. The Kier molecular flexibility index (Phi) is 4.62. The minimum absolute atomic E-state index is 0.0808. The average molecular weight is 336 g/mol. The molecule has 5 nitrogen and oxygen atoms in total. The maximum Gasteiger partial charge on any atom is 0.255 e. The molecule has 0 aliphatic heterocycles. The lowest BCUT2D eigenvalue weighted by molar-refractivity contribution is 0.102. The van der Waals surface area contributed by atoms with Gasteiger partial charge in [0, 0.05) is 11.3 Å². The van der Waals surface area contributed by atoms with Gasteiger partial charge in [0.15, 0.2) is 11.5 Å². The number of rotatable bonds is 4. The van der Waals surface area contributed by atoms with Crippen molar-refractivity contribution in [3.63, 3.8) is 0 Å². The van der Waals surface area contributed by atoms with Crippen molar-refractivity contribution in [3.8, 4) is 17.6 Å². The van der Waals surface area contributed by atoms with E-state index in [1.165, 1.54) is 13.2 Å². The number of carbonyl (C=O) groups is 1. The van der Waals surface area contributed by atoms with Crippen molar-refractivity contribution in [1.82, 2.24) is 0 Å². The fourth-order valence-electron chi connectivity index (χ4n) is 3.35. The van der Waals surface area contributed by atoms with E-state index in [2.05, 4.69) is 11.4 Å². The van der Waals surface area contributed by atoms with Gasteiger partial charge in [0.1, 0.15) is 0 Å². The average Bonchev–Trinajstić information content (AvgIpc) is 3.12. The predicted octanol–water partition coefficient (Wildman–Crippen LogP) is 3.99. The third-order valence-electron chi connectivity index (χ3n) is 4.81. The van der Waals surface area contributed by atoms with Gasteiger partial charge in [-0.2, -0.15) is 5.26 Å². The Labute approximate surface area is 146 Å². The maximum absolute atomic E-state index is 12.3. The van der Waals surface area contributed by atoms with E-state index >= 15 is 0 Å². The highest BCUT2D eigenvalue weighted by Crippen LogP contribution is 2.40. The van der Waals surface area contributed by atoms with Gasteiger partial charge in [0.25, 0.3) is 5.91 Å². The Morgan fingerprint density at radius 1 is 1.20 bits per heavy atom. The standard InChI is InChI=1S/C20H20N2O3/c1-25-18-9-4-14(12-17(18)23)19(24)22-16-7-5-15(6-8-16)20(13-21)10-2-3-11-20/h4-9,12,23H,2-3,10-11H2,1H3,(H,22,24). The molecule has 2 N–H and O–H groups in total. The lowest BCUT2D eigenvalue weighted by Crippen LogP contribution is -2.19. The topological polar surface area (TPSA) is 82.3 Å². The fourth-order valence-corrected chi connectivity index (χ4v) is 3.35. The molecule has 0 aromatic heterocycles. The van der Waals surface area contributed by atoms with Crippen LogP contribution in [0, 0.1) is 11.3 Å². The first-order chi connectivity index (χ1) is 12.1. The number of phenolic OH excluding ortho intramolecular Hbond substituents is 1. The molecule has 3 rings (SSSR count). The monoisotopic (exact) mass is 336 g/mol. The van der Waals surface area contributed by atoms with Gasteiger partial charge in [-0.3, -0.25) is 4.79 Å². The smallest absolute Gasteiger partial charge is 0.255 e. The van der Waals surface area contributed by atoms with E-state index in [-0.39, 0.29) is 17.1 Å². The van der Waals surface area contributed by atoms with Crippen molar-refractivity contribution >= 4 is 11.6 Å². The van der Waals surface area contributed by atoms with E-state index in [0.29, 0.717) is 17.0 Å². The summed E-state index contributed by atoms with van der Waals surface area (Å²) >= 11 is 0. The number of carbonyl (C=O) groups excluding carboxylic acids is 1. The number of ether oxygens (including phenoxy) is 1. The molecule has 1 aliphatic carbocycles. The summed E-state index contributed by atoms with van der Waals surface area (Å²) in [5, 5.41) is 22.1. The van der Waals surface area contributed by atoms with Gasteiger partial charge in [0.2, 0.25) is 0 Å². The van der Waals surface area contributed by atoms with Crippen LogP contribution in [0.25, 0.3) is 0 Å². The molecule has 5 heteroatoms. The lowest BCUT2D eigenvalue weighted by Gasteiger charge is -2.21. The van der Waals surface area contributed by atoms with Crippen molar-refractivity contribution in [1.29, 1.82) is 5.26 Å². The summed E-state index contributed by atoms with van der Waals surface area (Å²) in [6.07, 6.45) is 3.93. The summed E-state index contributed by atoms with van der Waals surface area (Å²) in [7, 11) is 1.45. The molecule has 0 bridgehead atoms. The van der Waals surface area contributed by atoms with Crippen LogP contribution in [0.5, 0.6) is 11.5 Å². The number of benzene rings is 2. The highest BCUT2D eigenvalue weighted by Gasteiger charge is 2.35. The van der Waals surface area contributed by atoms with Crippen LogP contribution < -0.4 is 10.1 Å². The summed E-state index contributed by atoms with van der Waals surface area (Å²) in [5.41, 5.74) is 1.61. The van der Waals surface area contributed by atoms with Crippen LogP contribution in [0.15, 0.2) is 42.5 Å². The maximum atomic E-state index is 12.3. The third-order valence-corrected chi connectivity index (χ3v) is 4.81. The van der Waals surface area contributed by atoms with Crippen molar-refractivity contribution in [3.05, 3.63) is 53.6 Å². The minimum Gasteiger partial charge on any atom is -0.504 e. The van der Waals surface area contributed by atoms with Gasteiger partial charge in [-0.1, -0.05) is 25.0 Å². The summed E-state index contributed by atoms with van der Waals surface area (Å²) in [6.45, 7) is 0. The van der Waals surface area contributed by atoms with Crippen LogP contribution in [0.1, 0.15) is 41.6 Å². The van der Waals surface area contributed by atoms with Gasteiger partial charge in [0.05, 0.1) is 18.6 Å². The number of methoxy groups -OCH3 is 1. The zero-order valence-corrected chi connectivity index (χ0v) is 14.1. The number of amides is 1. The molecule has 0 spiro atoms. The molecule has 128 valence electrons. The van der Waals surface area contributed by atoms with E-state index in [1.54, 1.807) is 12.1 Å². The quantitative estimate of drug-likeness (QED) is 0.884. The predicted molar refractivity (Wildman–Crippen MR) is 94.8 cm³/mol.